The van der Waals surface area contributed by atoms with Gasteiger partial charge in [-0.25, -0.2) is 0 Å². The molecule has 0 aliphatic carbocycles. The Kier molecular flexibility index (Phi) is 4.39. The SMILES string of the molecule is C=C([Te]c1ccccc1)C(O)c1ccccc1. The molecule has 1 N–H and O–H groups in total. The average molecular weight is 338 g/mol. The van der Waals surface area contributed by atoms with Gasteiger partial charge in [0.05, 0.1) is 0 Å². The van der Waals surface area contributed by atoms with Gasteiger partial charge >= 0.3 is 112 Å². The molecule has 2 rings (SSSR count). The Bertz CT molecular complexity index is 479. The first-order valence-corrected chi connectivity index (χ1v) is 7.75. The molecule has 0 aliphatic heterocycles. The van der Waals surface area contributed by atoms with Crippen LogP contribution in [0.2, 0.25) is 0 Å². The summed E-state index contributed by atoms with van der Waals surface area (Å²) in [6.07, 6.45) is -0.529. The fourth-order valence-electron chi connectivity index (χ4n) is 1.52. The van der Waals surface area contributed by atoms with Gasteiger partial charge in [-0.05, 0) is 0 Å². The quantitative estimate of drug-likeness (QED) is 0.849. The fourth-order valence-corrected chi connectivity index (χ4v) is 3.92. The summed E-state index contributed by atoms with van der Waals surface area (Å²) in [6, 6.07) is 20.0. The van der Waals surface area contributed by atoms with Crippen molar-refractivity contribution in [2.75, 3.05) is 0 Å². The van der Waals surface area contributed by atoms with Crippen molar-refractivity contribution in [3.8, 4) is 0 Å². The molecule has 86 valence electrons. The fraction of sp³-hybridized carbons (Fsp3) is 0.0667. The molecule has 0 spiro atoms. The summed E-state index contributed by atoms with van der Waals surface area (Å²) in [4.78, 5) is 0. The van der Waals surface area contributed by atoms with Crippen molar-refractivity contribution in [1.29, 1.82) is 0 Å². The van der Waals surface area contributed by atoms with Crippen LogP contribution < -0.4 is 3.61 Å². The number of aliphatic hydroxyl groups is 1. The molecule has 0 amide bonds. The van der Waals surface area contributed by atoms with Crippen molar-refractivity contribution in [3.63, 3.8) is 0 Å². The molecular weight excluding hydrogens is 324 g/mol. The molecule has 17 heavy (non-hydrogen) atoms. The summed E-state index contributed by atoms with van der Waals surface area (Å²) >= 11 is -0.538. The third-order valence-corrected chi connectivity index (χ3v) is 5.25. The number of aliphatic hydroxyl groups excluding tert-OH is 1. The molecule has 1 nitrogen and oxygen atoms in total. The van der Waals surface area contributed by atoms with Crippen LogP contribution in [-0.2, 0) is 0 Å². The first kappa shape index (κ1) is 12.4. The molecule has 0 heterocycles. The van der Waals surface area contributed by atoms with Crippen LogP contribution in [0.5, 0.6) is 0 Å². The zero-order valence-electron chi connectivity index (χ0n) is 9.41. The summed E-state index contributed by atoms with van der Waals surface area (Å²) < 4.78 is 2.26. The van der Waals surface area contributed by atoms with Gasteiger partial charge in [-0.1, -0.05) is 0 Å². The van der Waals surface area contributed by atoms with E-state index in [0.717, 1.165) is 9.18 Å². The van der Waals surface area contributed by atoms with Gasteiger partial charge in [0.1, 0.15) is 0 Å². The first-order chi connectivity index (χ1) is 8.27. The molecule has 2 heteroatoms. The molecule has 1 unspecified atom stereocenters. The van der Waals surface area contributed by atoms with Crippen molar-refractivity contribution in [3.05, 3.63) is 76.4 Å². The molecule has 0 radical (unpaired) electrons. The van der Waals surface area contributed by atoms with E-state index < -0.39 is 27.0 Å². The van der Waals surface area contributed by atoms with Gasteiger partial charge in [0.15, 0.2) is 0 Å². The molecule has 0 aromatic heterocycles. The van der Waals surface area contributed by atoms with Crippen molar-refractivity contribution < 1.29 is 5.11 Å². The van der Waals surface area contributed by atoms with Crippen LogP contribution in [0.1, 0.15) is 11.7 Å². The summed E-state index contributed by atoms with van der Waals surface area (Å²) in [7, 11) is 0. The van der Waals surface area contributed by atoms with Crippen LogP contribution in [0.15, 0.2) is 70.9 Å². The van der Waals surface area contributed by atoms with E-state index in [1.165, 1.54) is 3.61 Å². The van der Waals surface area contributed by atoms with Gasteiger partial charge in [0.25, 0.3) is 0 Å². The standard InChI is InChI=1S/C15H14OTe/c1-12(17-14-10-6-3-7-11-14)15(16)13-8-4-2-5-9-13/h2-11,15-16H,1H2. The van der Waals surface area contributed by atoms with Gasteiger partial charge in [0, 0.05) is 0 Å². The van der Waals surface area contributed by atoms with E-state index in [1.807, 2.05) is 48.5 Å². The van der Waals surface area contributed by atoms with Gasteiger partial charge in [-0.3, -0.25) is 0 Å². The minimum atomic E-state index is -0.538. The maximum absolute atomic E-state index is 10.2. The first-order valence-electron chi connectivity index (χ1n) is 5.42. The van der Waals surface area contributed by atoms with Crippen molar-refractivity contribution >= 4 is 24.5 Å². The molecule has 0 saturated heterocycles. The topological polar surface area (TPSA) is 20.2 Å². The average Bonchev–Trinajstić information content (AvgIpc) is 2.40. The van der Waals surface area contributed by atoms with Gasteiger partial charge in [-0.15, -0.1) is 0 Å². The van der Waals surface area contributed by atoms with E-state index in [0.29, 0.717) is 0 Å². The Morgan fingerprint density at radius 2 is 1.47 bits per heavy atom. The molecule has 1 atom stereocenters. The van der Waals surface area contributed by atoms with Crippen molar-refractivity contribution in [2.45, 2.75) is 6.10 Å². The van der Waals surface area contributed by atoms with Gasteiger partial charge in [-0.2, -0.15) is 0 Å². The third-order valence-electron chi connectivity index (χ3n) is 2.41. The summed E-state index contributed by atoms with van der Waals surface area (Å²) in [5.41, 5.74) is 0.929. The van der Waals surface area contributed by atoms with Crippen LogP contribution in [-0.4, -0.2) is 26.0 Å². The Morgan fingerprint density at radius 3 is 2.06 bits per heavy atom. The predicted octanol–water partition coefficient (Wildman–Crippen LogP) is 2.26. The van der Waals surface area contributed by atoms with Crippen LogP contribution in [0.3, 0.4) is 0 Å². The molecule has 2 aromatic rings. The van der Waals surface area contributed by atoms with Crippen molar-refractivity contribution in [2.24, 2.45) is 0 Å². The predicted molar refractivity (Wildman–Crippen MR) is 72.4 cm³/mol. The third kappa shape index (κ3) is 3.44. The minimum absolute atomic E-state index is 0.529. The Morgan fingerprint density at radius 1 is 0.941 bits per heavy atom. The normalized spacial score (nSPS) is 12.1. The maximum atomic E-state index is 10.2. The van der Waals surface area contributed by atoms with Crippen LogP contribution in [0.4, 0.5) is 0 Å². The summed E-state index contributed by atoms with van der Waals surface area (Å²) in [6.45, 7) is 4.03. The second-order valence-electron chi connectivity index (χ2n) is 3.69. The second kappa shape index (κ2) is 6.02. The molecule has 0 aliphatic rings. The zero-order valence-corrected chi connectivity index (χ0v) is 11.7. The second-order valence-corrected chi connectivity index (χ2v) is 7.12. The van der Waals surface area contributed by atoms with Crippen LogP contribution >= 0.6 is 0 Å². The van der Waals surface area contributed by atoms with Crippen LogP contribution in [0, 0.1) is 0 Å². The van der Waals surface area contributed by atoms with E-state index >= 15 is 0 Å². The Labute approximate surface area is 112 Å². The van der Waals surface area contributed by atoms with Crippen molar-refractivity contribution in [1.82, 2.24) is 0 Å². The molecule has 0 saturated carbocycles. The molecule has 0 fully saturated rings. The van der Waals surface area contributed by atoms with Gasteiger partial charge < -0.3 is 0 Å². The Balaban J connectivity index is 2.06. The van der Waals surface area contributed by atoms with E-state index in [9.17, 15) is 5.11 Å². The van der Waals surface area contributed by atoms with Crippen LogP contribution in [0.25, 0.3) is 0 Å². The molecule has 0 bridgehead atoms. The number of hydrogen-bond donors (Lipinski definition) is 1. The monoisotopic (exact) mass is 340 g/mol. The number of rotatable bonds is 4. The summed E-state index contributed by atoms with van der Waals surface area (Å²) in [5, 5.41) is 10.2. The van der Waals surface area contributed by atoms with E-state index in [-0.39, 0.29) is 0 Å². The number of hydrogen-bond acceptors (Lipinski definition) is 1. The number of benzene rings is 2. The van der Waals surface area contributed by atoms with E-state index in [2.05, 4.69) is 18.7 Å². The van der Waals surface area contributed by atoms with Gasteiger partial charge in [0.2, 0.25) is 0 Å². The summed E-state index contributed by atoms with van der Waals surface area (Å²) in [5.74, 6) is 0. The van der Waals surface area contributed by atoms with E-state index in [1.54, 1.807) is 0 Å². The van der Waals surface area contributed by atoms with E-state index in [4.69, 9.17) is 0 Å². The molecule has 2 aromatic carbocycles. The molecular formula is C15H14OTe. The zero-order chi connectivity index (χ0) is 12.1. The Hall–Kier alpha value is -1.07.